The average Bonchev–Trinajstić information content (AvgIpc) is 3.48. The Hall–Kier alpha value is -3.51. The van der Waals surface area contributed by atoms with E-state index < -0.39 is 11.9 Å². The largest absolute Gasteiger partial charge is 0.435 e. The summed E-state index contributed by atoms with van der Waals surface area (Å²) >= 11 is 1.24. The number of hydrogen-bond acceptors (Lipinski definition) is 7. The molecule has 0 saturated carbocycles. The van der Waals surface area contributed by atoms with Crippen LogP contribution in [0.4, 0.5) is 13.2 Å². The van der Waals surface area contributed by atoms with Crippen LogP contribution in [-0.2, 0) is 25.7 Å². The molecule has 0 radical (unpaired) electrons. The van der Waals surface area contributed by atoms with Crippen LogP contribution in [0.1, 0.15) is 41.0 Å². The van der Waals surface area contributed by atoms with Gasteiger partial charge in [0.05, 0.1) is 5.71 Å². The van der Waals surface area contributed by atoms with Crippen molar-refractivity contribution < 1.29 is 18.0 Å². The van der Waals surface area contributed by atoms with Gasteiger partial charge in [-0.15, -0.1) is 11.3 Å². The van der Waals surface area contributed by atoms with Crippen LogP contribution in [-0.4, -0.2) is 58.4 Å². The number of hydrogen-bond donors (Lipinski definition) is 2. The predicted molar refractivity (Wildman–Crippen MR) is 143 cm³/mol. The molecule has 12 heteroatoms. The Labute approximate surface area is 223 Å². The van der Waals surface area contributed by atoms with Gasteiger partial charge in [0.25, 0.3) is 0 Å². The molecule has 38 heavy (non-hydrogen) atoms. The number of allylic oxidation sites excluding steroid dienone is 1. The minimum atomic E-state index is -4.67. The fraction of sp³-hybridized carbons (Fsp3) is 0.385. The van der Waals surface area contributed by atoms with Crippen LogP contribution < -0.4 is 10.5 Å². The van der Waals surface area contributed by atoms with Gasteiger partial charge in [-0.2, -0.15) is 18.3 Å². The second-order valence-corrected chi connectivity index (χ2v) is 9.90. The zero-order chi connectivity index (χ0) is 28.0. The highest BCUT2D eigenvalue weighted by molar-refractivity contribution is 7.06. The van der Waals surface area contributed by atoms with E-state index in [9.17, 15) is 18.0 Å². The van der Waals surface area contributed by atoms with E-state index in [1.807, 2.05) is 11.9 Å². The number of nitrogens with one attached hydrogen (secondary N) is 1. The lowest BCUT2D eigenvalue weighted by molar-refractivity contribution is -0.141. The highest BCUT2D eigenvalue weighted by Gasteiger charge is 2.38. The predicted octanol–water partition coefficient (Wildman–Crippen LogP) is 4.20. The van der Waals surface area contributed by atoms with Gasteiger partial charge in [-0.3, -0.25) is 19.9 Å². The van der Waals surface area contributed by atoms with Crippen LogP contribution in [0, 0.1) is 5.41 Å². The van der Waals surface area contributed by atoms with Gasteiger partial charge in [-0.1, -0.05) is 0 Å². The van der Waals surface area contributed by atoms with E-state index in [0.29, 0.717) is 58.5 Å². The summed E-state index contributed by atoms with van der Waals surface area (Å²) < 4.78 is 45.1. The SMILES string of the molecule is CCn1cc(-c2cc(Cn3ccsc3=N)cc(C=O)c2CCN(C)CC(/C=C(/C)N)=NC)c(C(F)(F)F)n1. The second-order valence-electron chi connectivity index (χ2n) is 9.00. The van der Waals surface area contributed by atoms with Crippen molar-refractivity contribution in [2.75, 3.05) is 27.2 Å². The van der Waals surface area contributed by atoms with E-state index in [0.717, 1.165) is 5.71 Å². The highest BCUT2D eigenvalue weighted by atomic mass is 32.1. The number of carbonyl (C=O) groups excluding carboxylic acids is 1. The van der Waals surface area contributed by atoms with Gasteiger partial charge in [-0.25, -0.2) is 0 Å². The summed E-state index contributed by atoms with van der Waals surface area (Å²) in [4.78, 5) is 18.7. The summed E-state index contributed by atoms with van der Waals surface area (Å²) in [6.45, 7) is 4.94. The van der Waals surface area contributed by atoms with E-state index in [-0.39, 0.29) is 18.7 Å². The molecule has 3 aromatic rings. The third-order valence-electron chi connectivity index (χ3n) is 6.01. The summed E-state index contributed by atoms with van der Waals surface area (Å²) in [7, 11) is 3.54. The molecule has 3 N–H and O–H groups in total. The number of nitrogens with two attached hydrogens (primary N) is 1. The number of benzene rings is 1. The molecule has 204 valence electrons. The Balaban J connectivity index is 2.10. The average molecular weight is 548 g/mol. The van der Waals surface area contributed by atoms with Gasteiger partial charge in [-0.05, 0) is 62.2 Å². The van der Waals surface area contributed by atoms with Crippen LogP contribution in [0.2, 0.25) is 0 Å². The van der Waals surface area contributed by atoms with Gasteiger partial charge < -0.3 is 15.2 Å². The Morgan fingerprint density at radius 1 is 1.32 bits per heavy atom. The maximum atomic E-state index is 14.0. The fourth-order valence-electron chi connectivity index (χ4n) is 4.19. The standard InChI is InChI=1S/C26H32F3N7OS/c1-5-36-15-23(24(33-36)26(27,28)29)22-12-18(13-35-8-9-38-25(35)31)11-19(16-37)21(22)6-7-34(4)14-20(32-3)10-17(2)30/h8-12,15-16,31H,5-7,13-14,30H2,1-4H3/b17-10-,31-25?,32-20?. The quantitative estimate of drug-likeness (QED) is 0.277. The monoisotopic (exact) mass is 547 g/mol. The number of thiazole rings is 1. The zero-order valence-electron chi connectivity index (χ0n) is 21.8. The Bertz CT molecular complexity index is 1390. The molecule has 1 aromatic carbocycles. The second kappa shape index (κ2) is 12.4. The Morgan fingerprint density at radius 3 is 2.61 bits per heavy atom. The molecule has 3 rings (SSSR count). The number of aromatic nitrogens is 3. The van der Waals surface area contributed by atoms with Gasteiger partial charge in [0.1, 0.15) is 6.29 Å². The first-order valence-electron chi connectivity index (χ1n) is 12.0. The summed E-state index contributed by atoms with van der Waals surface area (Å²) in [5, 5.41) is 13.6. The molecule has 0 spiro atoms. The summed E-state index contributed by atoms with van der Waals surface area (Å²) in [5.74, 6) is 0. The van der Waals surface area contributed by atoms with Crippen molar-refractivity contribution in [2.45, 2.75) is 39.5 Å². The number of nitrogens with zero attached hydrogens (tertiary/aromatic N) is 5. The Morgan fingerprint density at radius 2 is 2.05 bits per heavy atom. The molecule has 8 nitrogen and oxygen atoms in total. The Kier molecular flexibility index (Phi) is 9.45. The zero-order valence-corrected chi connectivity index (χ0v) is 22.7. The van der Waals surface area contributed by atoms with Crippen LogP contribution in [0.5, 0.6) is 0 Å². The van der Waals surface area contributed by atoms with E-state index >= 15 is 0 Å². The van der Waals surface area contributed by atoms with Crippen LogP contribution in [0.3, 0.4) is 0 Å². The van der Waals surface area contributed by atoms with E-state index in [1.54, 1.807) is 55.2 Å². The minimum absolute atomic E-state index is 0.0686. The smallest absolute Gasteiger partial charge is 0.402 e. The van der Waals surface area contributed by atoms with Crippen LogP contribution in [0.15, 0.2) is 46.7 Å². The highest BCUT2D eigenvalue weighted by Crippen LogP contribution is 2.39. The molecule has 0 amide bonds. The number of aliphatic imine (C=N–C) groups is 1. The molecule has 0 aliphatic heterocycles. The number of alkyl halides is 3. The first-order chi connectivity index (χ1) is 18.0. The van der Waals surface area contributed by atoms with Crippen molar-refractivity contribution in [3.05, 3.63) is 68.9 Å². The molecule has 0 unspecified atom stereocenters. The van der Waals surface area contributed by atoms with E-state index in [2.05, 4.69) is 10.1 Å². The maximum Gasteiger partial charge on any atom is 0.435 e. The van der Waals surface area contributed by atoms with E-state index in [1.165, 1.54) is 22.2 Å². The molecule has 0 fully saturated rings. The molecule has 0 aliphatic rings. The van der Waals surface area contributed by atoms with Gasteiger partial charge >= 0.3 is 6.18 Å². The molecule has 2 aromatic heterocycles. The lowest BCUT2D eigenvalue weighted by atomic mass is 9.91. The number of aldehydes is 1. The summed E-state index contributed by atoms with van der Waals surface area (Å²) in [6.07, 6.45) is 1.22. The summed E-state index contributed by atoms with van der Waals surface area (Å²) in [5.41, 5.74) is 7.86. The van der Waals surface area contributed by atoms with Crippen molar-refractivity contribution in [1.29, 1.82) is 5.41 Å². The maximum absolute atomic E-state index is 14.0. The van der Waals surface area contributed by atoms with Crippen molar-refractivity contribution >= 4 is 23.3 Å². The van der Waals surface area contributed by atoms with E-state index in [4.69, 9.17) is 11.1 Å². The van der Waals surface area contributed by atoms with Crippen molar-refractivity contribution in [3.63, 3.8) is 0 Å². The number of likely N-dealkylation sites (N-methyl/N-ethyl adjacent to an activating group) is 1. The normalized spacial score (nSPS) is 12.9. The topological polar surface area (TPSA) is 105 Å². The third-order valence-corrected chi connectivity index (χ3v) is 6.72. The number of carbonyl (C=O) groups is 1. The molecule has 0 atom stereocenters. The van der Waals surface area contributed by atoms with Crippen molar-refractivity contribution in [3.8, 4) is 11.1 Å². The first-order valence-corrected chi connectivity index (χ1v) is 12.9. The molecular formula is C26H32F3N7OS. The van der Waals surface area contributed by atoms with Crippen LogP contribution >= 0.6 is 11.3 Å². The lowest BCUT2D eigenvalue weighted by Crippen LogP contribution is -2.28. The molecule has 2 heterocycles. The fourth-order valence-corrected chi connectivity index (χ4v) is 4.79. The molecule has 0 bridgehead atoms. The number of aryl methyl sites for hydroxylation is 1. The molecule has 0 saturated heterocycles. The summed E-state index contributed by atoms with van der Waals surface area (Å²) in [6, 6.07) is 3.37. The van der Waals surface area contributed by atoms with Crippen molar-refractivity contribution in [2.24, 2.45) is 10.7 Å². The van der Waals surface area contributed by atoms with Crippen molar-refractivity contribution in [1.82, 2.24) is 19.2 Å². The number of rotatable bonds is 11. The van der Waals surface area contributed by atoms with Gasteiger partial charge in [0.15, 0.2) is 10.5 Å². The molecule has 0 aliphatic carbocycles. The molecular weight excluding hydrogens is 515 g/mol. The van der Waals surface area contributed by atoms with Gasteiger partial charge in [0.2, 0.25) is 0 Å². The minimum Gasteiger partial charge on any atom is -0.402 e. The lowest BCUT2D eigenvalue weighted by Gasteiger charge is -2.20. The van der Waals surface area contributed by atoms with Crippen LogP contribution in [0.25, 0.3) is 11.1 Å². The third kappa shape index (κ3) is 7.07. The number of halogens is 3. The first kappa shape index (κ1) is 29.1. The van der Waals surface area contributed by atoms with Gasteiger partial charge in [0, 0.05) is 67.8 Å².